The molecule has 0 aromatic heterocycles. The molecular weight excluding hydrogens is 134 g/mol. The number of ether oxygens (including phenoxy) is 2. The average Bonchev–Trinajstić information content (AvgIpc) is 2.44. The van der Waals surface area contributed by atoms with E-state index in [1.807, 2.05) is 0 Å². The average molecular weight is 145 g/mol. The molecule has 2 heterocycles. The third kappa shape index (κ3) is 0.845. The van der Waals surface area contributed by atoms with Crippen molar-refractivity contribution >= 4 is 0 Å². The Bertz CT molecular complexity index is 130. The van der Waals surface area contributed by atoms with Gasteiger partial charge < -0.3 is 9.47 Å². The highest BCUT2D eigenvalue weighted by Gasteiger charge is 2.42. The summed E-state index contributed by atoms with van der Waals surface area (Å²) in [5.41, 5.74) is 0. The van der Waals surface area contributed by atoms with Gasteiger partial charge in [0.15, 0.2) is 0 Å². The Kier molecular flexibility index (Phi) is 1.61. The predicted molar refractivity (Wildman–Crippen MR) is 33.2 cm³/mol. The molecule has 2 fully saturated rings. The Hall–Kier alpha value is -0.160. The second-order valence-corrected chi connectivity index (χ2v) is 2.67. The van der Waals surface area contributed by atoms with Crippen molar-refractivity contribution < 1.29 is 14.3 Å². The van der Waals surface area contributed by atoms with Crippen molar-refractivity contribution in [2.75, 3.05) is 13.2 Å². The molecule has 58 valence electrons. The first kappa shape index (κ1) is 6.54. The predicted octanol–water partition coefficient (Wildman–Crippen LogP) is -0.567. The zero-order valence-electron chi connectivity index (χ0n) is 5.66. The van der Waals surface area contributed by atoms with Gasteiger partial charge in [-0.2, -0.15) is 0 Å². The van der Waals surface area contributed by atoms with E-state index >= 15 is 0 Å². The fourth-order valence-electron chi connectivity index (χ4n) is 1.55. The second-order valence-electron chi connectivity index (χ2n) is 2.67. The Labute approximate surface area is 59.2 Å². The third-order valence-corrected chi connectivity index (χ3v) is 2.09. The molecule has 0 radical (unpaired) electrons. The molecule has 2 rings (SSSR count). The molecule has 4 nitrogen and oxygen atoms in total. The zero-order chi connectivity index (χ0) is 6.97. The molecule has 0 saturated carbocycles. The fraction of sp³-hybridized carbons (Fsp3) is 1.00. The van der Waals surface area contributed by atoms with E-state index in [9.17, 15) is 0 Å². The highest BCUT2D eigenvalue weighted by atomic mass is 16.7. The van der Waals surface area contributed by atoms with Crippen molar-refractivity contribution in [3.8, 4) is 0 Å². The maximum atomic E-state index is 5.35. The van der Waals surface area contributed by atoms with Gasteiger partial charge in [-0.15, -0.1) is 0 Å². The summed E-state index contributed by atoms with van der Waals surface area (Å²) in [6, 6.07) is 0. The van der Waals surface area contributed by atoms with Gasteiger partial charge in [-0.25, -0.2) is 5.90 Å². The lowest BCUT2D eigenvalue weighted by Crippen LogP contribution is -2.32. The molecule has 2 aliphatic heterocycles. The molecule has 2 saturated heterocycles. The van der Waals surface area contributed by atoms with E-state index in [2.05, 4.69) is 4.84 Å². The standard InChI is InChI=1S/C6H11NO3/c7-10-5-3-9-4-1-2-8-6(4)5/h4-6H,1-3,7H2/t4-,5-,6+/m1/s1. The van der Waals surface area contributed by atoms with Crippen LogP contribution in [0, 0.1) is 0 Å². The van der Waals surface area contributed by atoms with Gasteiger partial charge in [0.1, 0.15) is 12.2 Å². The number of hydrogen-bond donors (Lipinski definition) is 1. The smallest absolute Gasteiger partial charge is 0.131 e. The minimum absolute atomic E-state index is 0.0486. The highest BCUT2D eigenvalue weighted by Crippen LogP contribution is 2.27. The van der Waals surface area contributed by atoms with Crippen LogP contribution in [0.15, 0.2) is 0 Å². The van der Waals surface area contributed by atoms with Crippen LogP contribution in [0.5, 0.6) is 0 Å². The molecular formula is C6H11NO3. The van der Waals surface area contributed by atoms with E-state index in [4.69, 9.17) is 15.4 Å². The summed E-state index contributed by atoms with van der Waals surface area (Å²) < 4.78 is 10.7. The largest absolute Gasteiger partial charge is 0.373 e. The molecule has 0 unspecified atom stereocenters. The van der Waals surface area contributed by atoms with E-state index in [1.54, 1.807) is 0 Å². The molecule has 2 N–H and O–H groups in total. The van der Waals surface area contributed by atoms with Crippen molar-refractivity contribution in [2.24, 2.45) is 5.90 Å². The van der Waals surface area contributed by atoms with E-state index in [1.165, 1.54) is 0 Å². The third-order valence-electron chi connectivity index (χ3n) is 2.09. The van der Waals surface area contributed by atoms with E-state index in [0.717, 1.165) is 13.0 Å². The lowest BCUT2D eigenvalue weighted by Gasteiger charge is -2.11. The first-order valence-electron chi connectivity index (χ1n) is 3.50. The van der Waals surface area contributed by atoms with Gasteiger partial charge in [0.25, 0.3) is 0 Å². The van der Waals surface area contributed by atoms with Gasteiger partial charge in [-0.1, -0.05) is 0 Å². The summed E-state index contributed by atoms with van der Waals surface area (Å²) in [6.45, 7) is 1.35. The number of hydrogen-bond acceptors (Lipinski definition) is 4. The second kappa shape index (κ2) is 2.47. The maximum Gasteiger partial charge on any atom is 0.131 e. The van der Waals surface area contributed by atoms with Crippen molar-refractivity contribution in [1.82, 2.24) is 0 Å². The summed E-state index contributed by atoms with van der Waals surface area (Å²) in [6.07, 6.45) is 1.25. The van der Waals surface area contributed by atoms with E-state index in [0.29, 0.717) is 6.61 Å². The summed E-state index contributed by atoms with van der Waals surface area (Å²) in [5.74, 6) is 5.03. The van der Waals surface area contributed by atoms with Gasteiger partial charge in [0.05, 0.1) is 12.7 Å². The maximum absolute atomic E-state index is 5.35. The van der Waals surface area contributed by atoms with E-state index in [-0.39, 0.29) is 18.3 Å². The quantitative estimate of drug-likeness (QED) is 0.502. The molecule has 0 bridgehead atoms. The van der Waals surface area contributed by atoms with Gasteiger partial charge in [0.2, 0.25) is 0 Å². The SMILES string of the molecule is NO[C@@H]1CO[C@@H]2CCO[C@H]12. The molecule has 4 heteroatoms. The number of nitrogens with two attached hydrogens (primary N) is 1. The first-order chi connectivity index (χ1) is 4.92. The van der Waals surface area contributed by atoms with Gasteiger partial charge in [0, 0.05) is 6.61 Å². The van der Waals surface area contributed by atoms with Crippen molar-refractivity contribution in [3.63, 3.8) is 0 Å². The molecule has 2 aliphatic rings. The van der Waals surface area contributed by atoms with Crippen LogP contribution in [0.4, 0.5) is 0 Å². The van der Waals surface area contributed by atoms with Crippen LogP contribution in [0.2, 0.25) is 0 Å². The molecule has 3 atom stereocenters. The van der Waals surface area contributed by atoms with Crippen LogP contribution in [0.25, 0.3) is 0 Å². The van der Waals surface area contributed by atoms with Gasteiger partial charge in [-0.05, 0) is 6.42 Å². The molecule has 0 aromatic carbocycles. The monoisotopic (exact) mass is 145 g/mol. The zero-order valence-corrected chi connectivity index (χ0v) is 5.66. The van der Waals surface area contributed by atoms with E-state index < -0.39 is 0 Å². The Morgan fingerprint density at radius 1 is 1.40 bits per heavy atom. The topological polar surface area (TPSA) is 53.7 Å². The van der Waals surface area contributed by atoms with Crippen LogP contribution in [0.1, 0.15) is 6.42 Å². The van der Waals surface area contributed by atoms with Gasteiger partial charge in [-0.3, -0.25) is 4.84 Å². The van der Waals surface area contributed by atoms with Crippen LogP contribution in [0.3, 0.4) is 0 Å². The van der Waals surface area contributed by atoms with Crippen molar-refractivity contribution in [2.45, 2.75) is 24.7 Å². The minimum atomic E-state index is -0.0486. The Morgan fingerprint density at radius 3 is 3.10 bits per heavy atom. The normalized spacial score (nSPS) is 45.9. The van der Waals surface area contributed by atoms with Crippen molar-refractivity contribution in [3.05, 3.63) is 0 Å². The molecule has 0 amide bonds. The summed E-state index contributed by atoms with van der Waals surface area (Å²) in [5, 5.41) is 0. The molecule has 0 aliphatic carbocycles. The lowest BCUT2D eigenvalue weighted by molar-refractivity contribution is -0.0320. The van der Waals surface area contributed by atoms with Gasteiger partial charge >= 0.3 is 0 Å². The Balaban J connectivity index is 2.01. The van der Waals surface area contributed by atoms with Crippen LogP contribution < -0.4 is 5.90 Å². The van der Waals surface area contributed by atoms with Crippen LogP contribution in [-0.4, -0.2) is 31.5 Å². The number of rotatable bonds is 1. The minimum Gasteiger partial charge on any atom is -0.373 e. The molecule has 0 spiro atoms. The van der Waals surface area contributed by atoms with Crippen LogP contribution in [-0.2, 0) is 14.3 Å². The number of fused-ring (bicyclic) bond motifs is 1. The lowest BCUT2D eigenvalue weighted by atomic mass is 10.1. The van der Waals surface area contributed by atoms with Crippen molar-refractivity contribution in [1.29, 1.82) is 0 Å². The summed E-state index contributed by atoms with van der Waals surface area (Å²) >= 11 is 0. The fourth-order valence-corrected chi connectivity index (χ4v) is 1.55. The van der Waals surface area contributed by atoms with Crippen LogP contribution >= 0.6 is 0 Å². The first-order valence-corrected chi connectivity index (χ1v) is 3.50. The Morgan fingerprint density at radius 2 is 2.30 bits per heavy atom. The summed E-state index contributed by atoms with van der Waals surface area (Å²) in [4.78, 5) is 4.68. The highest BCUT2D eigenvalue weighted by molar-refractivity contribution is 4.89. The molecule has 0 aromatic rings. The molecule has 10 heavy (non-hydrogen) atoms. The summed E-state index contributed by atoms with van der Waals surface area (Å²) in [7, 11) is 0.